The standard InChI is InChI=1S/C14H7F7/c15-10-4-5-12(14(19,20)21)11(7-10)8-2-1-3-9(6-8)13(16,17)18/h1-7H. The van der Waals surface area contributed by atoms with E-state index < -0.39 is 34.9 Å². The molecule has 2 rings (SSSR count). The van der Waals surface area contributed by atoms with Gasteiger partial charge in [0, 0.05) is 0 Å². The zero-order chi connectivity index (χ0) is 15.8. The minimum Gasteiger partial charge on any atom is -0.207 e. The van der Waals surface area contributed by atoms with E-state index >= 15 is 0 Å². The molecule has 0 aliphatic carbocycles. The van der Waals surface area contributed by atoms with Crippen LogP contribution in [0.2, 0.25) is 0 Å². The summed E-state index contributed by atoms with van der Waals surface area (Å²) in [6.45, 7) is 0. The number of rotatable bonds is 1. The fourth-order valence-electron chi connectivity index (χ4n) is 1.87. The Kier molecular flexibility index (Phi) is 3.69. The van der Waals surface area contributed by atoms with Gasteiger partial charge >= 0.3 is 12.4 Å². The second-order valence-corrected chi connectivity index (χ2v) is 4.27. The Bertz CT molecular complexity index is 653. The Morgan fingerprint density at radius 2 is 1.38 bits per heavy atom. The van der Waals surface area contributed by atoms with E-state index in [0.717, 1.165) is 18.2 Å². The zero-order valence-electron chi connectivity index (χ0n) is 10.2. The number of hydrogen-bond donors (Lipinski definition) is 0. The monoisotopic (exact) mass is 308 g/mol. The molecule has 0 aliphatic rings. The smallest absolute Gasteiger partial charge is 0.207 e. The SMILES string of the molecule is Fc1ccc(C(F)(F)F)c(-c2cccc(C(F)(F)F)c2)c1. The molecule has 112 valence electrons. The van der Waals surface area contributed by atoms with E-state index in [1.165, 1.54) is 0 Å². The average Bonchev–Trinajstić information content (AvgIpc) is 2.36. The molecule has 0 fully saturated rings. The highest BCUT2D eigenvalue weighted by Crippen LogP contribution is 2.39. The molecule has 0 bridgehead atoms. The fraction of sp³-hybridized carbons (Fsp3) is 0.143. The fourth-order valence-corrected chi connectivity index (χ4v) is 1.87. The van der Waals surface area contributed by atoms with E-state index in [9.17, 15) is 30.7 Å². The van der Waals surface area contributed by atoms with E-state index in [-0.39, 0.29) is 5.56 Å². The quantitative estimate of drug-likeness (QED) is 0.608. The first-order valence-electron chi connectivity index (χ1n) is 5.63. The molecule has 0 heterocycles. The molecule has 2 aromatic carbocycles. The van der Waals surface area contributed by atoms with Crippen LogP contribution in [0.15, 0.2) is 42.5 Å². The Labute approximate surface area is 114 Å². The summed E-state index contributed by atoms with van der Waals surface area (Å²) < 4.78 is 89.5. The third kappa shape index (κ3) is 3.34. The average molecular weight is 308 g/mol. The Morgan fingerprint density at radius 3 is 1.95 bits per heavy atom. The largest absolute Gasteiger partial charge is 0.417 e. The van der Waals surface area contributed by atoms with Crippen molar-refractivity contribution in [2.24, 2.45) is 0 Å². The predicted molar refractivity (Wildman–Crippen MR) is 61.8 cm³/mol. The molecule has 7 heteroatoms. The van der Waals surface area contributed by atoms with Gasteiger partial charge in [0.1, 0.15) is 5.82 Å². The van der Waals surface area contributed by atoms with Crippen LogP contribution in [-0.2, 0) is 12.4 Å². The Hall–Kier alpha value is -2.05. The first-order valence-corrected chi connectivity index (χ1v) is 5.63. The topological polar surface area (TPSA) is 0 Å². The highest BCUT2D eigenvalue weighted by molar-refractivity contribution is 5.69. The van der Waals surface area contributed by atoms with Crippen molar-refractivity contribution in [3.05, 3.63) is 59.4 Å². The van der Waals surface area contributed by atoms with Gasteiger partial charge in [-0.3, -0.25) is 0 Å². The normalized spacial score (nSPS) is 12.5. The first-order chi connectivity index (χ1) is 9.59. The minimum absolute atomic E-state index is 0.350. The van der Waals surface area contributed by atoms with E-state index in [1.807, 2.05) is 0 Å². The van der Waals surface area contributed by atoms with Crippen molar-refractivity contribution in [3.63, 3.8) is 0 Å². The van der Waals surface area contributed by atoms with Crippen LogP contribution in [0, 0.1) is 5.82 Å². The van der Waals surface area contributed by atoms with Crippen molar-refractivity contribution in [1.29, 1.82) is 0 Å². The maximum Gasteiger partial charge on any atom is 0.417 e. The summed E-state index contributed by atoms with van der Waals surface area (Å²) in [7, 11) is 0. The second kappa shape index (κ2) is 5.05. The van der Waals surface area contributed by atoms with Gasteiger partial charge in [-0.15, -0.1) is 0 Å². The van der Waals surface area contributed by atoms with Crippen LogP contribution in [-0.4, -0.2) is 0 Å². The molecule has 0 saturated heterocycles. The van der Waals surface area contributed by atoms with Crippen LogP contribution < -0.4 is 0 Å². The van der Waals surface area contributed by atoms with Crippen molar-refractivity contribution in [2.45, 2.75) is 12.4 Å². The molecule has 21 heavy (non-hydrogen) atoms. The molecule has 0 N–H and O–H groups in total. The summed E-state index contributed by atoms with van der Waals surface area (Å²) in [6.07, 6.45) is -9.49. The summed E-state index contributed by atoms with van der Waals surface area (Å²) in [4.78, 5) is 0. The molecular formula is C14H7F7. The van der Waals surface area contributed by atoms with Gasteiger partial charge in [0.25, 0.3) is 0 Å². The van der Waals surface area contributed by atoms with Gasteiger partial charge in [-0.25, -0.2) is 4.39 Å². The number of halogens is 7. The molecular weight excluding hydrogens is 301 g/mol. The molecule has 0 aromatic heterocycles. The highest BCUT2D eigenvalue weighted by Gasteiger charge is 2.35. The molecule has 0 aliphatic heterocycles. The zero-order valence-corrected chi connectivity index (χ0v) is 10.2. The van der Waals surface area contributed by atoms with Gasteiger partial charge in [0.2, 0.25) is 0 Å². The van der Waals surface area contributed by atoms with Crippen LogP contribution in [0.4, 0.5) is 30.7 Å². The first kappa shape index (κ1) is 15.3. The lowest BCUT2D eigenvalue weighted by Gasteiger charge is -2.14. The predicted octanol–water partition coefficient (Wildman–Crippen LogP) is 5.53. The summed E-state index contributed by atoms with van der Waals surface area (Å²) in [5.74, 6) is -0.963. The van der Waals surface area contributed by atoms with Gasteiger partial charge in [-0.1, -0.05) is 12.1 Å². The summed E-state index contributed by atoms with van der Waals surface area (Å²) >= 11 is 0. The lowest BCUT2D eigenvalue weighted by atomic mass is 9.97. The van der Waals surface area contributed by atoms with Gasteiger partial charge in [0.05, 0.1) is 11.1 Å². The minimum atomic E-state index is -4.79. The van der Waals surface area contributed by atoms with E-state index in [4.69, 9.17) is 0 Å². The summed E-state index contributed by atoms with van der Waals surface area (Å²) in [5.41, 5.74) is -3.27. The third-order valence-corrected chi connectivity index (χ3v) is 2.79. The van der Waals surface area contributed by atoms with Crippen LogP contribution in [0.1, 0.15) is 11.1 Å². The van der Waals surface area contributed by atoms with E-state index in [2.05, 4.69) is 0 Å². The summed E-state index contributed by atoms with van der Waals surface area (Å²) in [6, 6.07) is 5.02. The molecule has 0 radical (unpaired) electrons. The van der Waals surface area contributed by atoms with Crippen molar-refractivity contribution in [1.82, 2.24) is 0 Å². The second-order valence-electron chi connectivity index (χ2n) is 4.27. The highest BCUT2D eigenvalue weighted by atomic mass is 19.4. The van der Waals surface area contributed by atoms with Crippen LogP contribution in [0.25, 0.3) is 11.1 Å². The molecule has 0 nitrogen and oxygen atoms in total. The Morgan fingerprint density at radius 1 is 0.714 bits per heavy atom. The number of alkyl halides is 6. The Balaban J connectivity index is 2.64. The molecule has 0 saturated carbocycles. The third-order valence-electron chi connectivity index (χ3n) is 2.79. The van der Waals surface area contributed by atoms with Gasteiger partial charge in [-0.05, 0) is 41.5 Å². The molecule has 0 spiro atoms. The maximum atomic E-state index is 13.2. The van der Waals surface area contributed by atoms with Crippen molar-refractivity contribution >= 4 is 0 Å². The van der Waals surface area contributed by atoms with E-state index in [0.29, 0.717) is 24.3 Å². The van der Waals surface area contributed by atoms with Crippen LogP contribution >= 0.6 is 0 Å². The van der Waals surface area contributed by atoms with Crippen LogP contribution in [0.3, 0.4) is 0 Å². The maximum absolute atomic E-state index is 13.2. The van der Waals surface area contributed by atoms with Crippen molar-refractivity contribution in [2.75, 3.05) is 0 Å². The van der Waals surface area contributed by atoms with Gasteiger partial charge < -0.3 is 0 Å². The lowest BCUT2D eigenvalue weighted by molar-refractivity contribution is -0.137. The number of benzene rings is 2. The number of hydrogen-bond acceptors (Lipinski definition) is 0. The molecule has 2 aromatic rings. The van der Waals surface area contributed by atoms with Crippen molar-refractivity contribution in [3.8, 4) is 11.1 Å². The molecule has 0 amide bonds. The summed E-state index contributed by atoms with van der Waals surface area (Å²) in [5, 5.41) is 0. The van der Waals surface area contributed by atoms with Crippen LogP contribution in [0.5, 0.6) is 0 Å². The van der Waals surface area contributed by atoms with Gasteiger partial charge in [-0.2, -0.15) is 26.3 Å². The van der Waals surface area contributed by atoms with Gasteiger partial charge in [0.15, 0.2) is 0 Å². The van der Waals surface area contributed by atoms with Crippen molar-refractivity contribution < 1.29 is 30.7 Å². The lowest BCUT2D eigenvalue weighted by Crippen LogP contribution is -2.08. The van der Waals surface area contributed by atoms with E-state index in [1.54, 1.807) is 0 Å². The molecule has 0 atom stereocenters. The molecule has 0 unspecified atom stereocenters.